The summed E-state index contributed by atoms with van der Waals surface area (Å²) in [5, 5.41) is 2.78. The number of hydrogen-bond donors (Lipinski definition) is 1. The van der Waals surface area contributed by atoms with Crippen LogP contribution in [0.2, 0.25) is 0 Å². The molecule has 1 amide bonds. The van der Waals surface area contributed by atoms with Crippen LogP contribution in [0.4, 0.5) is 10.1 Å². The number of anilines is 1. The normalized spacial score (nSPS) is 10.7. The van der Waals surface area contributed by atoms with Gasteiger partial charge in [-0.15, -0.1) is 0 Å². The first-order chi connectivity index (χ1) is 16.8. The van der Waals surface area contributed by atoms with Gasteiger partial charge in [0.1, 0.15) is 12.4 Å². The zero-order chi connectivity index (χ0) is 25.1. The summed E-state index contributed by atoms with van der Waals surface area (Å²) < 4.78 is 25.9. The lowest BCUT2D eigenvalue weighted by atomic mass is 10.0. The first-order valence-corrected chi connectivity index (χ1v) is 10.8. The van der Waals surface area contributed by atoms with Crippen molar-refractivity contribution in [1.29, 1.82) is 0 Å². The summed E-state index contributed by atoms with van der Waals surface area (Å²) in [6.45, 7) is 1.67. The minimum Gasteiger partial charge on any atom is -0.493 e. The number of aryl methyl sites for hydroxylation is 1. The number of halogens is 1. The van der Waals surface area contributed by atoms with Gasteiger partial charge in [0, 0.05) is 28.9 Å². The molecule has 178 valence electrons. The van der Waals surface area contributed by atoms with Gasteiger partial charge in [-0.2, -0.15) is 0 Å². The number of nitrogens with one attached hydrogen (secondary N) is 1. The summed E-state index contributed by atoms with van der Waals surface area (Å²) in [7, 11) is 3.00. The van der Waals surface area contributed by atoms with Crippen LogP contribution in [0.3, 0.4) is 0 Å². The van der Waals surface area contributed by atoms with Crippen molar-refractivity contribution in [2.24, 2.45) is 0 Å². The fraction of sp³-hybridized carbons (Fsp3) is 0.148. The van der Waals surface area contributed by atoms with Gasteiger partial charge >= 0.3 is 0 Å². The number of aromatic nitrogens is 1. The van der Waals surface area contributed by atoms with Crippen molar-refractivity contribution < 1.29 is 23.5 Å². The average Bonchev–Trinajstić information content (AvgIpc) is 2.85. The van der Waals surface area contributed by atoms with Gasteiger partial charge in [-0.25, -0.2) is 4.39 Å². The molecule has 1 aromatic heterocycles. The highest BCUT2D eigenvalue weighted by atomic mass is 19.1. The summed E-state index contributed by atoms with van der Waals surface area (Å²) in [4.78, 5) is 39.1. The van der Waals surface area contributed by atoms with Crippen molar-refractivity contribution in [2.45, 2.75) is 13.5 Å². The van der Waals surface area contributed by atoms with E-state index >= 15 is 0 Å². The Kier molecular flexibility index (Phi) is 6.64. The smallest absolute Gasteiger partial charge is 0.244 e. The molecule has 0 fully saturated rings. The van der Waals surface area contributed by atoms with E-state index in [1.165, 1.54) is 37.1 Å². The maximum absolute atomic E-state index is 14.0. The molecule has 8 heteroatoms. The predicted octanol–water partition coefficient (Wildman–Crippen LogP) is 4.34. The lowest BCUT2D eigenvalue weighted by Gasteiger charge is -2.14. The number of ketones is 1. The molecule has 0 atom stereocenters. The molecule has 0 saturated carbocycles. The molecule has 4 rings (SSSR count). The van der Waals surface area contributed by atoms with Gasteiger partial charge in [0.15, 0.2) is 17.3 Å². The predicted molar refractivity (Wildman–Crippen MR) is 131 cm³/mol. The second-order valence-corrected chi connectivity index (χ2v) is 7.97. The Morgan fingerprint density at radius 2 is 1.66 bits per heavy atom. The largest absolute Gasteiger partial charge is 0.493 e. The molecule has 4 aromatic rings. The van der Waals surface area contributed by atoms with Crippen molar-refractivity contribution in [1.82, 2.24) is 4.57 Å². The molecule has 0 aliphatic heterocycles. The number of rotatable bonds is 7. The zero-order valence-corrected chi connectivity index (χ0v) is 19.4. The summed E-state index contributed by atoms with van der Waals surface area (Å²) in [6, 6.07) is 15.4. The molecule has 1 N–H and O–H groups in total. The highest BCUT2D eigenvalue weighted by molar-refractivity contribution is 6.10. The third kappa shape index (κ3) is 4.91. The summed E-state index contributed by atoms with van der Waals surface area (Å²) >= 11 is 0. The highest BCUT2D eigenvalue weighted by Crippen LogP contribution is 2.29. The van der Waals surface area contributed by atoms with Gasteiger partial charge in [-0.3, -0.25) is 14.4 Å². The Morgan fingerprint density at radius 1 is 0.943 bits per heavy atom. The minimum atomic E-state index is -0.615. The van der Waals surface area contributed by atoms with Gasteiger partial charge in [-0.1, -0.05) is 29.8 Å². The van der Waals surface area contributed by atoms with Crippen LogP contribution in [0.5, 0.6) is 11.5 Å². The van der Waals surface area contributed by atoms with Gasteiger partial charge in [0.05, 0.1) is 25.3 Å². The molecule has 0 saturated heterocycles. The van der Waals surface area contributed by atoms with E-state index in [-0.39, 0.29) is 17.5 Å². The van der Waals surface area contributed by atoms with Crippen molar-refractivity contribution in [3.63, 3.8) is 0 Å². The van der Waals surface area contributed by atoms with E-state index in [9.17, 15) is 18.8 Å². The molecule has 0 aliphatic rings. The van der Waals surface area contributed by atoms with Crippen LogP contribution in [0, 0.1) is 12.7 Å². The molecular weight excluding hydrogens is 451 g/mol. The van der Waals surface area contributed by atoms with E-state index in [0.29, 0.717) is 28.3 Å². The van der Waals surface area contributed by atoms with Crippen LogP contribution < -0.4 is 20.2 Å². The number of nitrogens with zero attached hydrogens (tertiary/aromatic N) is 1. The Labute approximate surface area is 200 Å². The second kappa shape index (κ2) is 9.80. The lowest BCUT2D eigenvalue weighted by Crippen LogP contribution is -2.24. The Hall–Kier alpha value is -4.46. The number of methoxy groups -OCH3 is 2. The van der Waals surface area contributed by atoms with Gasteiger partial charge in [0.25, 0.3) is 0 Å². The number of benzene rings is 3. The molecule has 35 heavy (non-hydrogen) atoms. The van der Waals surface area contributed by atoms with E-state index in [4.69, 9.17) is 9.47 Å². The van der Waals surface area contributed by atoms with Gasteiger partial charge in [-0.05, 0) is 37.3 Å². The first-order valence-electron chi connectivity index (χ1n) is 10.8. The second-order valence-electron chi connectivity index (χ2n) is 7.97. The standard InChI is InChI=1S/C27H23FN2O5/c1-16-4-6-17(7-5-16)26(32)21-14-30(22-10-8-18(28)12-20(22)27(21)33)15-25(31)29-19-9-11-23(34-2)24(13-19)35-3/h4-14H,15H2,1-3H3,(H,29,31). The lowest BCUT2D eigenvalue weighted by molar-refractivity contribution is -0.116. The van der Waals surface area contributed by atoms with E-state index < -0.39 is 22.9 Å². The summed E-state index contributed by atoms with van der Waals surface area (Å²) in [5.74, 6) is -0.579. The fourth-order valence-corrected chi connectivity index (χ4v) is 3.79. The monoisotopic (exact) mass is 474 g/mol. The van der Waals surface area contributed by atoms with E-state index in [1.807, 2.05) is 6.92 Å². The number of amides is 1. The van der Waals surface area contributed by atoms with E-state index in [0.717, 1.165) is 11.6 Å². The fourth-order valence-electron chi connectivity index (χ4n) is 3.79. The highest BCUT2D eigenvalue weighted by Gasteiger charge is 2.19. The van der Waals surface area contributed by atoms with Crippen LogP contribution in [0.15, 0.2) is 71.7 Å². The number of carbonyl (C=O) groups is 2. The maximum Gasteiger partial charge on any atom is 0.244 e. The van der Waals surface area contributed by atoms with Crippen molar-refractivity contribution >= 4 is 28.3 Å². The van der Waals surface area contributed by atoms with Crippen LogP contribution in [0.1, 0.15) is 21.5 Å². The molecule has 0 radical (unpaired) electrons. The van der Waals surface area contributed by atoms with Gasteiger partial charge in [0.2, 0.25) is 11.3 Å². The molecule has 0 bridgehead atoms. The van der Waals surface area contributed by atoms with Crippen molar-refractivity contribution in [3.05, 3.63) is 99.6 Å². The van der Waals surface area contributed by atoms with E-state index in [2.05, 4.69) is 5.32 Å². The number of carbonyl (C=O) groups excluding carboxylic acids is 2. The minimum absolute atomic E-state index is 0.0156. The Balaban J connectivity index is 1.72. The molecule has 0 spiro atoms. The molecule has 3 aromatic carbocycles. The van der Waals surface area contributed by atoms with E-state index in [1.54, 1.807) is 42.5 Å². The molecule has 7 nitrogen and oxygen atoms in total. The molecule has 0 aliphatic carbocycles. The topological polar surface area (TPSA) is 86.6 Å². The third-order valence-electron chi connectivity index (χ3n) is 5.58. The number of pyridine rings is 1. The molecular formula is C27H23FN2O5. The Morgan fingerprint density at radius 3 is 2.34 bits per heavy atom. The SMILES string of the molecule is COc1ccc(NC(=O)Cn2cc(C(=O)c3ccc(C)cc3)c(=O)c3cc(F)ccc32)cc1OC. The molecule has 1 heterocycles. The number of hydrogen-bond acceptors (Lipinski definition) is 5. The van der Waals surface area contributed by atoms with Crippen LogP contribution >= 0.6 is 0 Å². The number of ether oxygens (including phenoxy) is 2. The Bertz CT molecular complexity index is 1490. The zero-order valence-electron chi connectivity index (χ0n) is 19.4. The van der Waals surface area contributed by atoms with Crippen molar-refractivity contribution in [3.8, 4) is 11.5 Å². The third-order valence-corrected chi connectivity index (χ3v) is 5.58. The van der Waals surface area contributed by atoms with Crippen LogP contribution in [-0.4, -0.2) is 30.5 Å². The average molecular weight is 474 g/mol. The molecule has 0 unspecified atom stereocenters. The quantitative estimate of drug-likeness (QED) is 0.403. The summed E-state index contributed by atoms with van der Waals surface area (Å²) in [5.41, 5.74) is 1.35. The van der Waals surface area contributed by atoms with Crippen molar-refractivity contribution in [2.75, 3.05) is 19.5 Å². The van der Waals surface area contributed by atoms with Crippen LogP contribution in [0.25, 0.3) is 10.9 Å². The summed E-state index contributed by atoms with van der Waals surface area (Å²) in [6.07, 6.45) is 1.35. The van der Waals surface area contributed by atoms with Gasteiger partial charge < -0.3 is 19.4 Å². The van der Waals surface area contributed by atoms with Crippen LogP contribution in [-0.2, 0) is 11.3 Å². The number of fused-ring (bicyclic) bond motifs is 1. The maximum atomic E-state index is 14.0. The first kappa shape index (κ1) is 23.7.